The molecule has 1 aromatic carbocycles. The van der Waals surface area contributed by atoms with Crippen molar-refractivity contribution in [2.24, 2.45) is 7.05 Å². The molecule has 0 bridgehead atoms. The number of rotatable bonds is 5. The Balaban J connectivity index is 1.52. The Labute approximate surface area is 174 Å². The SMILES string of the molecule is COCCN1CCN(c2nc(-c3ccc4c(c3)OCO4)c3c(N)n(C)nc3n2)CC1. The van der Waals surface area contributed by atoms with Crippen LogP contribution in [0.25, 0.3) is 22.3 Å². The second kappa shape index (κ2) is 7.62. The molecule has 158 valence electrons. The van der Waals surface area contributed by atoms with Gasteiger partial charge in [0.25, 0.3) is 0 Å². The topological polar surface area (TPSA) is 104 Å². The van der Waals surface area contributed by atoms with Gasteiger partial charge in [0.05, 0.1) is 17.7 Å². The molecule has 10 nitrogen and oxygen atoms in total. The third kappa shape index (κ3) is 3.27. The number of fused-ring (bicyclic) bond motifs is 2. The Hall–Kier alpha value is -3.11. The summed E-state index contributed by atoms with van der Waals surface area (Å²) in [7, 11) is 3.55. The van der Waals surface area contributed by atoms with Gasteiger partial charge in [-0.1, -0.05) is 0 Å². The number of anilines is 2. The lowest BCUT2D eigenvalue weighted by Gasteiger charge is -2.34. The van der Waals surface area contributed by atoms with E-state index in [1.54, 1.807) is 11.8 Å². The number of nitrogens with two attached hydrogens (primary N) is 1. The molecule has 5 rings (SSSR count). The van der Waals surface area contributed by atoms with E-state index in [-0.39, 0.29) is 6.79 Å². The van der Waals surface area contributed by atoms with E-state index in [1.807, 2.05) is 25.2 Å². The highest BCUT2D eigenvalue weighted by atomic mass is 16.7. The van der Waals surface area contributed by atoms with Crippen molar-refractivity contribution in [2.75, 3.05) is 63.9 Å². The van der Waals surface area contributed by atoms with Crippen LogP contribution in [0.15, 0.2) is 18.2 Å². The number of aromatic nitrogens is 4. The maximum absolute atomic E-state index is 6.31. The molecule has 0 saturated carbocycles. The molecular weight excluding hydrogens is 386 g/mol. The van der Waals surface area contributed by atoms with Crippen LogP contribution in [0.3, 0.4) is 0 Å². The van der Waals surface area contributed by atoms with E-state index < -0.39 is 0 Å². The molecule has 2 aliphatic rings. The van der Waals surface area contributed by atoms with Gasteiger partial charge in [-0.05, 0) is 18.2 Å². The zero-order valence-electron chi connectivity index (χ0n) is 17.2. The van der Waals surface area contributed by atoms with E-state index in [2.05, 4.69) is 14.9 Å². The third-order valence-electron chi connectivity index (χ3n) is 5.64. The molecule has 2 N–H and O–H groups in total. The summed E-state index contributed by atoms with van der Waals surface area (Å²) in [6, 6.07) is 5.80. The maximum atomic E-state index is 6.31. The summed E-state index contributed by atoms with van der Waals surface area (Å²) in [6.45, 7) is 5.47. The van der Waals surface area contributed by atoms with Crippen molar-refractivity contribution in [3.63, 3.8) is 0 Å². The van der Waals surface area contributed by atoms with E-state index in [0.717, 1.165) is 61.7 Å². The first kappa shape index (κ1) is 18.9. The minimum Gasteiger partial charge on any atom is -0.454 e. The van der Waals surface area contributed by atoms with Gasteiger partial charge in [0, 0.05) is 52.4 Å². The molecule has 0 radical (unpaired) electrons. The van der Waals surface area contributed by atoms with Crippen LogP contribution in [-0.2, 0) is 11.8 Å². The predicted molar refractivity (Wildman–Crippen MR) is 113 cm³/mol. The standard InChI is InChI=1S/C20H25N7O3/c1-25-18(21)16-17(13-3-4-14-15(11-13)30-12-29-14)22-20(23-19(16)24-25)27-7-5-26(6-8-27)9-10-28-2/h3-4,11H,5-10,12,21H2,1-2H3. The molecule has 0 amide bonds. The van der Waals surface area contributed by atoms with Crippen LogP contribution >= 0.6 is 0 Å². The summed E-state index contributed by atoms with van der Waals surface area (Å²) >= 11 is 0. The summed E-state index contributed by atoms with van der Waals surface area (Å²) in [6.07, 6.45) is 0. The highest BCUT2D eigenvalue weighted by Crippen LogP contribution is 2.38. The number of methoxy groups -OCH3 is 1. The second-order valence-corrected chi connectivity index (χ2v) is 7.47. The average molecular weight is 411 g/mol. The van der Waals surface area contributed by atoms with Gasteiger partial charge in [-0.25, -0.2) is 4.98 Å². The lowest BCUT2D eigenvalue weighted by molar-refractivity contribution is 0.144. The Bertz CT molecular complexity index is 1080. The quantitative estimate of drug-likeness (QED) is 0.661. The van der Waals surface area contributed by atoms with Crippen LogP contribution < -0.4 is 20.1 Å². The van der Waals surface area contributed by atoms with Crippen molar-refractivity contribution >= 4 is 22.8 Å². The van der Waals surface area contributed by atoms with Crippen LogP contribution in [0.1, 0.15) is 0 Å². The summed E-state index contributed by atoms with van der Waals surface area (Å²) < 4.78 is 17.8. The molecule has 0 spiro atoms. The number of nitrogen functional groups attached to an aromatic ring is 1. The number of hydrogen-bond acceptors (Lipinski definition) is 9. The van der Waals surface area contributed by atoms with Crippen LogP contribution in [-0.4, -0.2) is 77.9 Å². The Morgan fingerprint density at radius 2 is 1.90 bits per heavy atom. The second-order valence-electron chi connectivity index (χ2n) is 7.47. The molecule has 0 atom stereocenters. The molecule has 2 aliphatic heterocycles. The summed E-state index contributed by atoms with van der Waals surface area (Å²) in [4.78, 5) is 14.2. The lowest BCUT2D eigenvalue weighted by Crippen LogP contribution is -2.47. The van der Waals surface area contributed by atoms with Gasteiger partial charge in [0.1, 0.15) is 5.82 Å². The maximum Gasteiger partial charge on any atom is 0.231 e. The minimum absolute atomic E-state index is 0.228. The lowest BCUT2D eigenvalue weighted by atomic mass is 10.1. The van der Waals surface area contributed by atoms with Gasteiger partial charge in [-0.15, -0.1) is 0 Å². The molecule has 2 aromatic heterocycles. The first-order valence-corrected chi connectivity index (χ1v) is 10.0. The fraction of sp³-hybridized carbons (Fsp3) is 0.450. The van der Waals surface area contributed by atoms with Crippen molar-refractivity contribution < 1.29 is 14.2 Å². The van der Waals surface area contributed by atoms with E-state index in [4.69, 9.17) is 29.9 Å². The smallest absolute Gasteiger partial charge is 0.231 e. The molecule has 10 heteroatoms. The normalized spacial score (nSPS) is 16.5. The van der Waals surface area contributed by atoms with Gasteiger partial charge >= 0.3 is 0 Å². The van der Waals surface area contributed by atoms with Crippen molar-refractivity contribution in [3.8, 4) is 22.8 Å². The molecule has 4 heterocycles. The number of hydrogen-bond donors (Lipinski definition) is 1. The average Bonchev–Trinajstić information content (AvgIpc) is 3.35. The number of benzene rings is 1. The fourth-order valence-electron chi connectivity index (χ4n) is 3.89. The molecule has 1 fully saturated rings. The van der Waals surface area contributed by atoms with Gasteiger partial charge in [0.15, 0.2) is 17.1 Å². The van der Waals surface area contributed by atoms with Gasteiger partial charge in [-0.2, -0.15) is 10.1 Å². The first-order chi connectivity index (χ1) is 14.6. The predicted octanol–water partition coefficient (Wildman–Crippen LogP) is 1.11. The van der Waals surface area contributed by atoms with E-state index >= 15 is 0 Å². The van der Waals surface area contributed by atoms with Crippen molar-refractivity contribution in [3.05, 3.63) is 18.2 Å². The molecule has 0 aliphatic carbocycles. The molecule has 1 saturated heterocycles. The zero-order chi connectivity index (χ0) is 20.7. The Kier molecular flexibility index (Phi) is 4.80. The monoisotopic (exact) mass is 411 g/mol. The van der Waals surface area contributed by atoms with Gasteiger partial charge < -0.3 is 24.8 Å². The van der Waals surface area contributed by atoms with E-state index in [0.29, 0.717) is 23.2 Å². The van der Waals surface area contributed by atoms with Crippen molar-refractivity contribution in [1.82, 2.24) is 24.6 Å². The number of aryl methyl sites for hydroxylation is 1. The zero-order valence-corrected chi connectivity index (χ0v) is 17.2. The molecule has 0 unspecified atom stereocenters. The van der Waals surface area contributed by atoms with Crippen LogP contribution in [0.4, 0.5) is 11.8 Å². The van der Waals surface area contributed by atoms with E-state index in [1.165, 1.54) is 0 Å². The van der Waals surface area contributed by atoms with E-state index in [9.17, 15) is 0 Å². The van der Waals surface area contributed by atoms with Gasteiger partial charge in [-0.3, -0.25) is 9.58 Å². The molecular formula is C20H25N7O3. The van der Waals surface area contributed by atoms with Crippen LogP contribution in [0, 0.1) is 0 Å². The Morgan fingerprint density at radius 1 is 1.10 bits per heavy atom. The Morgan fingerprint density at radius 3 is 2.70 bits per heavy atom. The van der Waals surface area contributed by atoms with Crippen molar-refractivity contribution in [2.45, 2.75) is 0 Å². The number of nitrogens with zero attached hydrogens (tertiary/aromatic N) is 6. The third-order valence-corrected chi connectivity index (χ3v) is 5.64. The number of piperazine rings is 1. The summed E-state index contributed by atoms with van der Waals surface area (Å²) in [5.41, 5.74) is 8.55. The number of ether oxygens (including phenoxy) is 3. The van der Waals surface area contributed by atoms with Crippen LogP contribution in [0.5, 0.6) is 11.5 Å². The largest absolute Gasteiger partial charge is 0.454 e. The highest BCUT2D eigenvalue weighted by Gasteiger charge is 2.24. The summed E-state index contributed by atoms with van der Waals surface area (Å²) in [5.74, 6) is 2.64. The first-order valence-electron chi connectivity index (χ1n) is 10.0. The molecule has 3 aromatic rings. The van der Waals surface area contributed by atoms with Crippen LogP contribution in [0.2, 0.25) is 0 Å². The highest BCUT2D eigenvalue weighted by molar-refractivity contribution is 5.99. The van der Waals surface area contributed by atoms with Gasteiger partial charge in [0.2, 0.25) is 12.7 Å². The summed E-state index contributed by atoms with van der Waals surface area (Å²) in [5, 5.41) is 5.26. The fourth-order valence-corrected chi connectivity index (χ4v) is 3.89. The van der Waals surface area contributed by atoms with Crippen molar-refractivity contribution in [1.29, 1.82) is 0 Å². The molecule has 30 heavy (non-hydrogen) atoms. The minimum atomic E-state index is 0.228.